The fourth-order valence-electron chi connectivity index (χ4n) is 3.70. The number of fused-ring (bicyclic) bond motifs is 1. The summed E-state index contributed by atoms with van der Waals surface area (Å²) in [6, 6.07) is 14.2. The van der Waals surface area contributed by atoms with Crippen LogP contribution < -0.4 is 9.64 Å². The largest absolute Gasteiger partial charge is 0.492 e. The highest BCUT2D eigenvalue weighted by molar-refractivity contribution is 7.22. The maximum atomic E-state index is 13.6. The molecule has 0 N–H and O–H groups in total. The lowest BCUT2D eigenvalue weighted by Crippen LogP contribution is -2.34. The molecular formula is C25H26N4O4S. The molecule has 0 atom stereocenters. The van der Waals surface area contributed by atoms with E-state index >= 15 is 0 Å². The summed E-state index contributed by atoms with van der Waals surface area (Å²) in [7, 11) is 1.33. The number of hydrogen-bond donors (Lipinski definition) is 0. The fraction of sp³-hybridized carbons (Fsp3) is 0.280. The van der Waals surface area contributed by atoms with Gasteiger partial charge in [-0.25, -0.2) is 9.78 Å². The maximum absolute atomic E-state index is 13.6. The Balaban J connectivity index is 1.70. The quantitative estimate of drug-likeness (QED) is 0.343. The van der Waals surface area contributed by atoms with Gasteiger partial charge in [0.25, 0.3) is 5.91 Å². The topological polar surface area (TPSA) is 86.6 Å². The highest BCUT2D eigenvalue weighted by Crippen LogP contribution is 2.35. The van der Waals surface area contributed by atoms with Gasteiger partial charge in [-0.15, -0.1) is 0 Å². The summed E-state index contributed by atoms with van der Waals surface area (Å²) in [5.74, 6) is 0.0286. The summed E-state index contributed by atoms with van der Waals surface area (Å²) in [6.07, 6.45) is 0. The van der Waals surface area contributed by atoms with Crippen molar-refractivity contribution in [1.82, 2.24) is 14.8 Å². The van der Waals surface area contributed by atoms with Crippen LogP contribution in [-0.2, 0) is 11.3 Å². The predicted octanol–water partition coefficient (Wildman–Crippen LogP) is 4.64. The Morgan fingerprint density at radius 2 is 1.82 bits per heavy atom. The van der Waals surface area contributed by atoms with E-state index in [0.717, 1.165) is 21.6 Å². The van der Waals surface area contributed by atoms with Crippen molar-refractivity contribution < 1.29 is 19.1 Å². The SMILES string of the molecule is CCOc1cccc2sc(N(CCn3nc(C)cc3C)C(=O)c3ccc(C(=O)OC)cc3)nc12. The Bertz CT molecular complexity index is 1330. The molecule has 4 rings (SSSR count). The highest BCUT2D eigenvalue weighted by Gasteiger charge is 2.23. The first-order chi connectivity index (χ1) is 16.4. The molecule has 0 spiro atoms. The molecule has 0 radical (unpaired) electrons. The van der Waals surface area contributed by atoms with Crippen LogP contribution in [0.25, 0.3) is 10.2 Å². The van der Waals surface area contributed by atoms with E-state index in [2.05, 4.69) is 5.10 Å². The van der Waals surface area contributed by atoms with E-state index in [4.69, 9.17) is 14.5 Å². The fourth-order valence-corrected chi connectivity index (χ4v) is 4.71. The van der Waals surface area contributed by atoms with E-state index in [9.17, 15) is 9.59 Å². The van der Waals surface area contributed by atoms with Crippen molar-refractivity contribution in [2.24, 2.45) is 0 Å². The monoisotopic (exact) mass is 478 g/mol. The zero-order chi connectivity index (χ0) is 24.2. The Labute approximate surface area is 201 Å². The lowest BCUT2D eigenvalue weighted by Gasteiger charge is -2.20. The number of para-hydroxylation sites is 1. The minimum Gasteiger partial charge on any atom is -0.492 e. The number of methoxy groups -OCH3 is 1. The van der Waals surface area contributed by atoms with Gasteiger partial charge in [-0.2, -0.15) is 5.10 Å². The molecule has 0 saturated carbocycles. The average Bonchev–Trinajstić information content (AvgIpc) is 3.41. The first-order valence-corrected chi connectivity index (χ1v) is 11.8. The standard InChI is InChI=1S/C25H26N4O4S/c1-5-33-20-7-6-8-21-22(20)26-25(34-21)28(13-14-29-17(3)15-16(2)27-29)23(30)18-9-11-19(12-10-18)24(31)32-4/h6-12,15H,5,13-14H2,1-4H3. The van der Waals surface area contributed by atoms with Crippen molar-refractivity contribution in [3.05, 3.63) is 71.0 Å². The van der Waals surface area contributed by atoms with Crippen molar-refractivity contribution in [3.8, 4) is 5.75 Å². The summed E-state index contributed by atoms with van der Waals surface area (Å²) < 4.78 is 13.3. The minimum atomic E-state index is -0.449. The molecule has 9 heteroatoms. The molecule has 0 aliphatic heterocycles. The molecule has 8 nitrogen and oxygen atoms in total. The van der Waals surface area contributed by atoms with Crippen LogP contribution in [0.3, 0.4) is 0 Å². The number of anilines is 1. The summed E-state index contributed by atoms with van der Waals surface area (Å²) in [5, 5.41) is 5.09. The predicted molar refractivity (Wildman–Crippen MR) is 132 cm³/mol. The molecule has 2 aromatic heterocycles. The molecule has 0 aliphatic carbocycles. The van der Waals surface area contributed by atoms with Crippen LogP contribution in [0.5, 0.6) is 5.75 Å². The smallest absolute Gasteiger partial charge is 0.337 e. The van der Waals surface area contributed by atoms with Crippen LogP contribution in [0.15, 0.2) is 48.5 Å². The van der Waals surface area contributed by atoms with Gasteiger partial charge in [-0.05, 0) is 63.2 Å². The van der Waals surface area contributed by atoms with Crippen LogP contribution in [0, 0.1) is 13.8 Å². The third-order valence-electron chi connectivity index (χ3n) is 5.34. The molecule has 1 amide bonds. The number of esters is 1. The number of ether oxygens (including phenoxy) is 2. The van der Waals surface area contributed by atoms with Gasteiger partial charge in [0.1, 0.15) is 11.3 Å². The zero-order valence-corrected chi connectivity index (χ0v) is 20.4. The number of aryl methyl sites for hydroxylation is 2. The molecule has 176 valence electrons. The third kappa shape index (κ3) is 4.79. The van der Waals surface area contributed by atoms with Crippen LogP contribution in [0.1, 0.15) is 39.0 Å². The van der Waals surface area contributed by atoms with E-state index in [-0.39, 0.29) is 5.91 Å². The highest BCUT2D eigenvalue weighted by atomic mass is 32.1. The van der Waals surface area contributed by atoms with Crippen molar-refractivity contribution in [2.45, 2.75) is 27.3 Å². The van der Waals surface area contributed by atoms with Gasteiger partial charge in [0.15, 0.2) is 5.13 Å². The Morgan fingerprint density at radius 1 is 1.09 bits per heavy atom. The summed E-state index contributed by atoms with van der Waals surface area (Å²) >= 11 is 1.43. The van der Waals surface area contributed by atoms with Crippen molar-refractivity contribution >= 4 is 38.6 Å². The zero-order valence-electron chi connectivity index (χ0n) is 19.6. The lowest BCUT2D eigenvalue weighted by atomic mass is 10.1. The number of aromatic nitrogens is 3. The first kappa shape index (κ1) is 23.4. The molecule has 0 saturated heterocycles. The van der Waals surface area contributed by atoms with Crippen LogP contribution in [0.2, 0.25) is 0 Å². The Kier molecular flexibility index (Phi) is 6.93. The number of thiazole rings is 1. The number of benzene rings is 2. The number of rotatable bonds is 8. The van der Waals surface area contributed by atoms with Crippen molar-refractivity contribution in [2.75, 3.05) is 25.2 Å². The van der Waals surface area contributed by atoms with Gasteiger partial charge in [0.2, 0.25) is 0 Å². The Hall–Kier alpha value is -3.72. The molecule has 0 bridgehead atoms. The van der Waals surface area contributed by atoms with Gasteiger partial charge >= 0.3 is 5.97 Å². The van der Waals surface area contributed by atoms with Gasteiger partial charge in [-0.1, -0.05) is 17.4 Å². The Morgan fingerprint density at radius 3 is 2.47 bits per heavy atom. The molecule has 2 aromatic carbocycles. The maximum Gasteiger partial charge on any atom is 0.337 e. The van der Waals surface area contributed by atoms with Crippen LogP contribution in [-0.4, -0.2) is 46.9 Å². The second kappa shape index (κ2) is 10.0. The lowest BCUT2D eigenvalue weighted by molar-refractivity contribution is 0.0600. The number of carbonyl (C=O) groups excluding carboxylic acids is 2. The second-order valence-corrected chi connectivity index (χ2v) is 8.72. The van der Waals surface area contributed by atoms with E-state index in [1.54, 1.807) is 29.2 Å². The van der Waals surface area contributed by atoms with Crippen LogP contribution in [0.4, 0.5) is 5.13 Å². The molecule has 0 fully saturated rings. The van der Waals surface area contributed by atoms with E-state index < -0.39 is 5.97 Å². The molecule has 0 aliphatic rings. The number of nitrogens with zero attached hydrogens (tertiary/aromatic N) is 4. The summed E-state index contributed by atoms with van der Waals surface area (Å²) in [5.41, 5.74) is 3.51. The molecule has 4 aromatic rings. The van der Waals surface area contributed by atoms with E-state index in [0.29, 0.717) is 41.7 Å². The molecular weight excluding hydrogens is 452 g/mol. The normalized spacial score (nSPS) is 10.9. The van der Waals surface area contributed by atoms with E-state index in [1.807, 2.05) is 49.7 Å². The van der Waals surface area contributed by atoms with E-state index in [1.165, 1.54) is 18.4 Å². The molecule has 0 unspecified atom stereocenters. The molecule has 2 heterocycles. The van der Waals surface area contributed by atoms with Gasteiger partial charge < -0.3 is 9.47 Å². The molecule has 34 heavy (non-hydrogen) atoms. The second-order valence-electron chi connectivity index (χ2n) is 7.71. The number of amides is 1. The van der Waals surface area contributed by atoms with Gasteiger partial charge in [0, 0.05) is 17.8 Å². The number of hydrogen-bond acceptors (Lipinski definition) is 7. The summed E-state index contributed by atoms with van der Waals surface area (Å²) in [4.78, 5) is 31.8. The third-order valence-corrected chi connectivity index (χ3v) is 6.38. The number of carbonyl (C=O) groups is 2. The van der Waals surface area contributed by atoms with Gasteiger partial charge in [0.05, 0.1) is 36.2 Å². The minimum absolute atomic E-state index is 0.213. The van der Waals surface area contributed by atoms with Gasteiger partial charge in [-0.3, -0.25) is 14.4 Å². The van der Waals surface area contributed by atoms with Crippen LogP contribution >= 0.6 is 11.3 Å². The summed E-state index contributed by atoms with van der Waals surface area (Å²) in [6.45, 7) is 7.28. The first-order valence-electron chi connectivity index (χ1n) is 10.9. The average molecular weight is 479 g/mol. The van der Waals surface area contributed by atoms with Crippen molar-refractivity contribution in [1.29, 1.82) is 0 Å². The van der Waals surface area contributed by atoms with Crippen molar-refractivity contribution in [3.63, 3.8) is 0 Å².